The Morgan fingerprint density at radius 2 is 1.76 bits per heavy atom. The van der Waals surface area contributed by atoms with Gasteiger partial charge in [0.25, 0.3) is 0 Å². The first-order valence-corrected chi connectivity index (χ1v) is 5.97. The smallest absolute Gasteiger partial charge is 0.191 e. The third-order valence-electron chi connectivity index (χ3n) is 2.30. The molecule has 0 aromatic heterocycles. The molecule has 3 heteroatoms. The van der Waals surface area contributed by atoms with E-state index in [1.54, 1.807) is 19.1 Å². The Balaban J connectivity index is 2.70. The van der Waals surface area contributed by atoms with Crippen LogP contribution in [-0.4, -0.2) is 24.6 Å². The molecule has 17 heavy (non-hydrogen) atoms. The van der Waals surface area contributed by atoms with Crippen LogP contribution in [0.15, 0.2) is 24.3 Å². The van der Waals surface area contributed by atoms with Crippen molar-refractivity contribution < 1.29 is 14.3 Å². The van der Waals surface area contributed by atoms with Gasteiger partial charge in [0.15, 0.2) is 5.78 Å². The second-order valence-electron chi connectivity index (χ2n) is 4.15. The van der Waals surface area contributed by atoms with Crippen LogP contribution in [0, 0.1) is 0 Å². The summed E-state index contributed by atoms with van der Waals surface area (Å²) in [6.07, 6.45) is -0.254. The molecule has 0 heterocycles. The van der Waals surface area contributed by atoms with Crippen molar-refractivity contribution in [2.24, 2.45) is 0 Å². The molecule has 1 aromatic carbocycles. The van der Waals surface area contributed by atoms with Crippen LogP contribution >= 0.6 is 0 Å². The molecule has 0 saturated carbocycles. The van der Waals surface area contributed by atoms with E-state index in [1.807, 2.05) is 32.9 Å². The molecule has 0 radical (unpaired) electrons. The van der Waals surface area contributed by atoms with E-state index in [9.17, 15) is 4.79 Å². The normalized spacial score (nSPS) is 12.5. The third kappa shape index (κ3) is 4.19. The fourth-order valence-corrected chi connectivity index (χ4v) is 1.53. The minimum Gasteiger partial charge on any atom is -0.491 e. The van der Waals surface area contributed by atoms with Gasteiger partial charge < -0.3 is 9.47 Å². The van der Waals surface area contributed by atoms with E-state index in [0.717, 1.165) is 5.75 Å². The Morgan fingerprint density at radius 1 is 1.18 bits per heavy atom. The molecule has 1 aromatic rings. The van der Waals surface area contributed by atoms with E-state index >= 15 is 0 Å². The van der Waals surface area contributed by atoms with Gasteiger partial charge in [-0.05, 0) is 52.0 Å². The van der Waals surface area contributed by atoms with Gasteiger partial charge in [-0.15, -0.1) is 0 Å². The summed E-state index contributed by atoms with van der Waals surface area (Å²) < 4.78 is 10.8. The largest absolute Gasteiger partial charge is 0.491 e. The molecular weight excluding hydrogens is 216 g/mol. The van der Waals surface area contributed by atoms with Gasteiger partial charge in [0, 0.05) is 12.2 Å². The van der Waals surface area contributed by atoms with Crippen molar-refractivity contribution in [3.05, 3.63) is 29.8 Å². The number of benzene rings is 1. The van der Waals surface area contributed by atoms with Gasteiger partial charge in [-0.25, -0.2) is 0 Å². The van der Waals surface area contributed by atoms with Crippen molar-refractivity contribution in [2.75, 3.05) is 6.61 Å². The zero-order valence-electron chi connectivity index (χ0n) is 10.9. The maximum absolute atomic E-state index is 11.9. The number of hydrogen-bond acceptors (Lipinski definition) is 3. The zero-order chi connectivity index (χ0) is 12.8. The van der Waals surface area contributed by atoms with Crippen LogP contribution in [0.25, 0.3) is 0 Å². The molecule has 0 bridgehead atoms. The number of Topliss-reactive ketones (excluding diaryl/α,β-unsaturated/α-hetero) is 1. The lowest BCUT2D eigenvalue weighted by molar-refractivity contribution is 0.0520. The number of hydrogen-bond donors (Lipinski definition) is 0. The monoisotopic (exact) mass is 236 g/mol. The van der Waals surface area contributed by atoms with Crippen LogP contribution in [0.1, 0.15) is 38.1 Å². The summed E-state index contributed by atoms with van der Waals surface area (Å²) in [5.41, 5.74) is 0.655. The topological polar surface area (TPSA) is 35.5 Å². The minimum absolute atomic E-state index is 0.00273. The fourth-order valence-electron chi connectivity index (χ4n) is 1.53. The molecule has 0 amide bonds. The molecule has 0 saturated heterocycles. The van der Waals surface area contributed by atoms with Gasteiger partial charge in [-0.2, -0.15) is 0 Å². The average Bonchev–Trinajstić information content (AvgIpc) is 2.28. The number of ketones is 1. The van der Waals surface area contributed by atoms with Gasteiger partial charge >= 0.3 is 0 Å². The van der Waals surface area contributed by atoms with E-state index < -0.39 is 6.10 Å². The predicted molar refractivity (Wildman–Crippen MR) is 67.6 cm³/mol. The van der Waals surface area contributed by atoms with Crippen molar-refractivity contribution in [3.8, 4) is 5.75 Å². The molecule has 0 fully saturated rings. The summed E-state index contributed by atoms with van der Waals surface area (Å²) >= 11 is 0. The lowest BCUT2D eigenvalue weighted by atomic mass is 10.1. The Labute approximate surface area is 103 Å². The Kier molecular flexibility index (Phi) is 5.16. The van der Waals surface area contributed by atoms with Crippen LogP contribution in [0.5, 0.6) is 5.75 Å². The van der Waals surface area contributed by atoms with Gasteiger partial charge in [0.2, 0.25) is 0 Å². The van der Waals surface area contributed by atoms with E-state index in [2.05, 4.69) is 0 Å². The van der Waals surface area contributed by atoms with Crippen molar-refractivity contribution in [1.29, 1.82) is 0 Å². The van der Waals surface area contributed by atoms with Crippen molar-refractivity contribution >= 4 is 5.78 Å². The second kappa shape index (κ2) is 6.40. The molecule has 0 aliphatic carbocycles. The number of carbonyl (C=O) groups excluding carboxylic acids is 1. The summed E-state index contributed by atoms with van der Waals surface area (Å²) in [6, 6.07) is 7.17. The molecule has 0 aliphatic rings. The summed E-state index contributed by atoms with van der Waals surface area (Å²) in [5, 5.41) is 0. The zero-order valence-corrected chi connectivity index (χ0v) is 10.9. The molecule has 3 nitrogen and oxygen atoms in total. The lowest BCUT2D eigenvalue weighted by Gasteiger charge is -2.12. The van der Waals surface area contributed by atoms with E-state index in [0.29, 0.717) is 12.2 Å². The second-order valence-corrected chi connectivity index (χ2v) is 4.15. The first-order valence-electron chi connectivity index (χ1n) is 5.97. The van der Waals surface area contributed by atoms with Gasteiger partial charge in [0.05, 0.1) is 6.10 Å². The Morgan fingerprint density at radius 3 is 2.24 bits per heavy atom. The fraction of sp³-hybridized carbons (Fsp3) is 0.500. The first-order chi connectivity index (χ1) is 8.04. The van der Waals surface area contributed by atoms with Crippen molar-refractivity contribution in [1.82, 2.24) is 0 Å². The molecule has 94 valence electrons. The van der Waals surface area contributed by atoms with Crippen LogP contribution in [0.2, 0.25) is 0 Å². The molecule has 1 rings (SSSR count). The van der Waals surface area contributed by atoms with E-state index in [1.165, 1.54) is 0 Å². The highest BCUT2D eigenvalue weighted by molar-refractivity contribution is 5.99. The maximum atomic E-state index is 11.9. The maximum Gasteiger partial charge on any atom is 0.191 e. The van der Waals surface area contributed by atoms with Crippen LogP contribution < -0.4 is 4.74 Å². The predicted octanol–water partition coefficient (Wildman–Crippen LogP) is 3.08. The molecular formula is C14H20O3. The standard InChI is InChI=1S/C14H20O3/c1-5-16-11(4)14(15)12-6-8-13(9-7-12)17-10(2)3/h6-11H,5H2,1-4H3. The molecule has 1 unspecified atom stereocenters. The van der Waals surface area contributed by atoms with Crippen LogP contribution in [-0.2, 0) is 4.74 Å². The number of rotatable bonds is 6. The van der Waals surface area contributed by atoms with E-state index in [-0.39, 0.29) is 11.9 Å². The molecule has 0 N–H and O–H groups in total. The van der Waals surface area contributed by atoms with Crippen molar-refractivity contribution in [2.45, 2.75) is 39.9 Å². The molecule has 1 atom stereocenters. The summed E-state index contributed by atoms with van der Waals surface area (Å²) in [5.74, 6) is 0.781. The Hall–Kier alpha value is -1.35. The van der Waals surface area contributed by atoms with Crippen LogP contribution in [0.3, 0.4) is 0 Å². The average molecular weight is 236 g/mol. The summed E-state index contributed by atoms with van der Waals surface area (Å²) in [6.45, 7) is 8.13. The molecule has 0 spiro atoms. The Bertz CT molecular complexity index is 354. The highest BCUT2D eigenvalue weighted by Crippen LogP contribution is 2.15. The van der Waals surface area contributed by atoms with Crippen LogP contribution in [0.4, 0.5) is 0 Å². The SMILES string of the molecule is CCOC(C)C(=O)c1ccc(OC(C)C)cc1. The van der Waals surface area contributed by atoms with E-state index in [4.69, 9.17) is 9.47 Å². The summed E-state index contributed by atoms with van der Waals surface area (Å²) in [7, 11) is 0. The quantitative estimate of drug-likeness (QED) is 0.712. The van der Waals surface area contributed by atoms with Gasteiger partial charge in [-0.3, -0.25) is 4.79 Å². The number of ether oxygens (including phenoxy) is 2. The highest BCUT2D eigenvalue weighted by atomic mass is 16.5. The third-order valence-corrected chi connectivity index (χ3v) is 2.30. The van der Waals surface area contributed by atoms with Gasteiger partial charge in [-0.1, -0.05) is 0 Å². The number of carbonyl (C=O) groups is 1. The van der Waals surface area contributed by atoms with Gasteiger partial charge in [0.1, 0.15) is 11.9 Å². The first kappa shape index (κ1) is 13.7. The minimum atomic E-state index is -0.392. The summed E-state index contributed by atoms with van der Waals surface area (Å²) in [4.78, 5) is 11.9. The highest BCUT2D eigenvalue weighted by Gasteiger charge is 2.14. The van der Waals surface area contributed by atoms with Crippen molar-refractivity contribution in [3.63, 3.8) is 0 Å². The lowest BCUT2D eigenvalue weighted by Crippen LogP contribution is -2.20. The molecule has 0 aliphatic heterocycles.